The number of nitrogen functional groups attached to an aromatic ring is 1. The van der Waals surface area contributed by atoms with E-state index in [1.165, 1.54) is 12.1 Å². The Balaban J connectivity index is 2.96. The summed E-state index contributed by atoms with van der Waals surface area (Å²) in [6, 6.07) is 3.78. The van der Waals surface area contributed by atoms with Gasteiger partial charge in [-0.2, -0.15) is 24.9 Å². The summed E-state index contributed by atoms with van der Waals surface area (Å²) in [5.41, 5.74) is 4.85. The Labute approximate surface area is 109 Å². The molecule has 1 aromatic carbocycles. The first kappa shape index (κ1) is 15.0. The fourth-order valence-electron chi connectivity index (χ4n) is 1.33. The molecule has 3 N–H and O–H groups in total. The van der Waals surface area contributed by atoms with Crippen LogP contribution in [0, 0.1) is 0 Å². The Kier molecular flexibility index (Phi) is 4.42. The molecule has 0 radical (unpaired) electrons. The molecule has 0 aliphatic carbocycles. The molecule has 0 aliphatic rings. The second-order valence-electron chi connectivity index (χ2n) is 4.62. The molecule has 0 saturated heterocycles. The van der Waals surface area contributed by atoms with Crippen molar-refractivity contribution in [3.8, 4) is 0 Å². The first-order valence-corrected chi connectivity index (χ1v) is 6.64. The van der Waals surface area contributed by atoms with E-state index < -0.39 is 11.7 Å². The molecule has 0 amide bonds. The molecule has 18 heavy (non-hydrogen) atoms. The topological polar surface area (TPSA) is 38.0 Å². The van der Waals surface area contributed by atoms with E-state index >= 15 is 0 Å². The molecular formula is C12H17F3N2S. The number of hydrogen-bond donors (Lipinski definition) is 2. The maximum absolute atomic E-state index is 12.8. The predicted molar refractivity (Wildman–Crippen MR) is 71.9 cm³/mol. The summed E-state index contributed by atoms with van der Waals surface area (Å²) in [7, 11) is 0. The van der Waals surface area contributed by atoms with Crippen LogP contribution in [0.2, 0.25) is 0 Å². The van der Waals surface area contributed by atoms with E-state index in [0.717, 1.165) is 6.07 Å². The fourth-order valence-corrected chi connectivity index (χ4v) is 1.55. The molecule has 0 bridgehead atoms. The third-order valence-corrected chi connectivity index (χ3v) is 3.86. The number of hydrogen-bond acceptors (Lipinski definition) is 3. The van der Waals surface area contributed by atoms with E-state index in [1.807, 2.05) is 20.1 Å². The standard InChI is InChI=1S/C12H17F3N2S/c1-11(2,18-3)7-17-10-5-4-8(16)6-9(10)12(13,14)15/h4-6,17H,7,16H2,1-3H3. The van der Waals surface area contributed by atoms with E-state index in [2.05, 4.69) is 5.32 Å². The van der Waals surface area contributed by atoms with Crippen molar-refractivity contribution in [3.63, 3.8) is 0 Å². The van der Waals surface area contributed by atoms with Gasteiger partial charge in [-0.3, -0.25) is 0 Å². The van der Waals surface area contributed by atoms with Gasteiger partial charge in [0.05, 0.1) is 5.56 Å². The van der Waals surface area contributed by atoms with Crippen LogP contribution in [-0.4, -0.2) is 17.5 Å². The van der Waals surface area contributed by atoms with Crippen molar-refractivity contribution in [1.82, 2.24) is 0 Å². The molecule has 0 aromatic heterocycles. The van der Waals surface area contributed by atoms with Gasteiger partial charge in [0.1, 0.15) is 0 Å². The van der Waals surface area contributed by atoms with Crippen LogP contribution in [0.25, 0.3) is 0 Å². The molecule has 2 nitrogen and oxygen atoms in total. The van der Waals surface area contributed by atoms with E-state index in [1.54, 1.807) is 11.8 Å². The van der Waals surface area contributed by atoms with Gasteiger partial charge in [-0.1, -0.05) is 0 Å². The molecule has 1 aromatic rings. The second-order valence-corrected chi connectivity index (χ2v) is 6.13. The molecule has 0 fully saturated rings. The summed E-state index contributed by atoms with van der Waals surface area (Å²) in [5.74, 6) is 0. The highest BCUT2D eigenvalue weighted by molar-refractivity contribution is 7.99. The Bertz CT molecular complexity index is 416. The minimum absolute atomic E-state index is 0.0684. The van der Waals surface area contributed by atoms with Crippen LogP contribution in [0.4, 0.5) is 24.5 Å². The average molecular weight is 278 g/mol. The summed E-state index contributed by atoms with van der Waals surface area (Å²) < 4.78 is 38.4. The molecule has 102 valence electrons. The van der Waals surface area contributed by atoms with Crippen molar-refractivity contribution in [2.75, 3.05) is 23.9 Å². The second kappa shape index (κ2) is 5.30. The van der Waals surface area contributed by atoms with Gasteiger partial charge in [0.2, 0.25) is 0 Å². The number of halogens is 3. The molecule has 0 heterocycles. The molecule has 0 atom stereocenters. The zero-order chi connectivity index (χ0) is 14.0. The van der Waals surface area contributed by atoms with Crippen molar-refractivity contribution in [1.29, 1.82) is 0 Å². The maximum atomic E-state index is 12.8. The van der Waals surface area contributed by atoms with Gasteiger partial charge in [-0.25, -0.2) is 0 Å². The smallest absolute Gasteiger partial charge is 0.399 e. The lowest BCUT2D eigenvalue weighted by molar-refractivity contribution is -0.136. The number of thioether (sulfide) groups is 1. The lowest BCUT2D eigenvalue weighted by atomic mass is 10.1. The largest absolute Gasteiger partial charge is 0.418 e. The minimum Gasteiger partial charge on any atom is -0.399 e. The summed E-state index contributed by atoms with van der Waals surface area (Å²) in [6.45, 7) is 4.38. The van der Waals surface area contributed by atoms with Gasteiger partial charge in [-0.05, 0) is 38.3 Å². The normalized spacial score (nSPS) is 12.6. The number of nitrogens with two attached hydrogens (primary N) is 1. The molecule has 0 aliphatic heterocycles. The Morgan fingerprint density at radius 3 is 2.39 bits per heavy atom. The monoisotopic (exact) mass is 278 g/mol. The zero-order valence-corrected chi connectivity index (χ0v) is 11.4. The van der Waals surface area contributed by atoms with Gasteiger partial charge in [0.15, 0.2) is 0 Å². The molecule has 6 heteroatoms. The van der Waals surface area contributed by atoms with E-state index in [4.69, 9.17) is 5.73 Å². The fraction of sp³-hybridized carbons (Fsp3) is 0.500. The van der Waals surface area contributed by atoms with Crippen molar-refractivity contribution in [2.45, 2.75) is 24.8 Å². The first-order valence-electron chi connectivity index (χ1n) is 5.41. The number of anilines is 2. The number of nitrogens with one attached hydrogen (secondary N) is 1. The average Bonchev–Trinajstić information content (AvgIpc) is 2.26. The summed E-state index contributed by atoms with van der Waals surface area (Å²) in [6.07, 6.45) is -2.48. The Morgan fingerprint density at radius 1 is 1.28 bits per heavy atom. The van der Waals surface area contributed by atoms with Crippen LogP contribution in [0.1, 0.15) is 19.4 Å². The van der Waals surface area contributed by atoms with Gasteiger partial charge < -0.3 is 11.1 Å². The number of benzene rings is 1. The first-order chi connectivity index (χ1) is 8.15. The summed E-state index contributed by atoms with van der Waals surface area (Å²) in [4.78, 5) is 0. The highest BCUT2D eigenvalue weighted by Crippen LogP contribution is 2.36. The third-order valence-electron chi connectivity index (χ3n) is 2.61. The molecule has 0 saturated carbocycles. The Morgan fingerprint density at radius 2 is 1.89 bits per heavy atom. The van der Waals surface area contributed by atoms with Gasteiger partial charge in [0.25, 0.3) is 0 Å². The van der Waals surface area contributed by atoms with E-state index in [9.17, 15) is 13.2 Å². The van der Waals surface area contributed by atoms with Gasteiger partial charge in [0, 0.05) is 22.7 Å². The van der Waals surface area contributed by atoms with Crippen LogP contribution in [0.3, 0.4) is 0 Å². The highest BCUT2D eigenvalue weighted by Gasteiger charge is 2.34. The van der Waals surface area contributed by atoms with Gasteiger partial charge in [-0.15, -0.1) is 0 Å². The third kappa shape index (κ3) is 4.01. The molecular weight excluding hydrogens is 261 g/mol. The van der Waals surface area contributed by atoms with Crippen LogP contribution >= 0.6 is 11.8 Å². The van der Waals surface area contributed by atoms with Gasteiger partial charge >= 0.3 is 6.18 Å². The number of rotatable bonds is 4. The molecule has 1 rings (SSSR count). The van der Waals surface area contributed by atoms with Crippen molar-refractivity contribution >= 4 is 23.1 Å². The van der Waals surface area contributed by atoms with Crippen molar-refractivity contribution in [3.05, 3.63) is 23.8 Å². The maximum Gasteiger partial charge on any atom is 0.418 e. The van der Waals surface area contributed by atoms with Crippen LogP contribution in [0.15, 0.2) is 18.2 Å². The van der Waals surface area contributed by atoms with E-state index in [0.29, 0.717) is 6.54 Å². The summed E-state index contributed by atoms with van der Waals surface area (Å²) in [5, 5.41) is 2.84. The quantitative estimate of drug-likeness (QED) is 0.822. The highest BCUT2D eigenvalue weighted by atomic mass is 32.2. The SMILES string of the molecule is CSC(C)(C)CNc1ccc(N)cc1C(F)(F)F. The lowest BCUT2D eigenvalue weighted by Crippen LogP contribution is -2.26. The van der Waals surface area contributed by atoms with Crippen LogP contribution < -0.4 is 11.1 Å². The van der Waals surface area contributed by atoms with Crippen molar-refractivity contribution in [2.24, 2.45) is 0 Å². The predicted octanol–water partition coefficient (Wildman–Crippen LogP) is 3.84. The van der Waals surface area contributed by atoms with Crippen LogP contribution in [0.5, 0.6) is 0 Å². The lowest BCUT2D eigenvalue weighted by Gasteiger charge is -2.24. The summed E-state index contributed by atoms with van der Waals surface area (Å²) >= 11 is 1.59. The molecule has 0 unspecified atom stereocenters. The van der Waals surface area contributed by atoms with Crippen molar-refractivity contribution < 1.29 is 13.2 Å². The molecule has 0 spiro atoms. The zero-order valence-electron chi connectivity index (χ0n) is 10.6. The van der Waals surface area contributed by atoms with Crippen LogP contribution in [-0.2, 0) is 6.18 Å². The number of alkyl halides is 3. The minimum atomic E-state index is -4.40. The Hall–Kier alpha value is -1.04. The van der Waals surface area contributed by atoms with E-state index in [-0.39, 0.29) is 16.1 Å².